The normalized spacial score (nSPS) is 18.9. The fourth-order valence-electron chi connectivity index (χ4n) is 6.19. The van der Waals surface area contributed by atoms with Crippen molar-refractivity contribution in [2.75, 3.05) is 39.6 Å². The third kappa shape index (κ3) is 8.57. The molecule has 4 aromatic rings. The maximum atomic E-state index is 6.03. The van der Waals surface area contributed by atoms with Crippen LogP contribution in [0.5, 0.6) is 23.0 Å². The smallest absolute Gasteiger partial charge is 0.119 e. The van der Waals surface area contributed by atoms with E-state index in [2.05, 4.69) is 97.1 Å². The van der Waals surface area contributed by atoms with Crippen LogP contribution in [0.2, 0.25) is 0 Å². The first-order valence-corrected chi connectivity index (χ1v) is 17.7. The summed E-state index contributed by atoms with van der Waals surface area (Å²) >= 11 is 0. The second-order valence-corrected chi connectivity index (χ2v) is 13.2. The summed E-state index contributed by atoms with van der Waals surface area (Å²) in [6, 6.07) is 33.6. The molecular weight excluding hydrogens is 624 g/mol. The van der Waals surface area contributed by atoms with Gasteiger partial charge in [0.25, 0.3) is 0 Å². The molecule has 0 saturated carbocycles. The van der Waals surface area contributed by atoms with Gasteiger partial charge in [-0.25, -0.2) is 0 Å². The summed E-state index contributed by atoms with van der Waals surface area (Å²) in [6.07, 6.45) is 13.1. The van der Waals surface area contributed by atoms with Crippen molar-refractivity contribution < 1.29 is 28.4 Å². The van der Waals surface area contributed by atoms with Gasteiger partial charge >= 0.3 is 0 Å². The summed E-state index contributed by atoms with van der Waals surface area (Å²) in [5.74, 6) is 3.57. The largest absolute Gasteiger partial charge is 0.494 e. The van der Waals surface area contributed by atoms with Gasteiger partial charge in [-0.1, -0.05) is 72.8 Å². The first-order valence-electron chi connectivity index (χ1n) is 17.7. The van der Waals surface area contributed by atoms with Crippen LogP contribution in [0.1, 0.15) is 47.9 Å². The minimum absolute atomic E-state index is 0.267. The summed E-state index contributed by atoms with van der Waals surface area (Å²) < 4.78 is 34.0. The average molecular weight is 667 g/mol. The van der Waals surface area contributed by atoms with Gasteiger partial charge < -0.3 is 28.4 Å². The standard InChI is InChI=1S/C44H42O6/c1(23-45-39-15-7-31(8-16-39)35-3-5-37(25-35)33-11-19-41(20-12-33)47-27-43-29-49-43)2-24-46-40-17-9-32(10-18-40)36-4-6-38(26-36)34-13-21-42(22-14-34)48-28-44-30-50-44/h3-22,43-44H,1-2,23-30H2. The predicted octanol–water partition coefficient (Wildman–Crippen LogP) is 9.22. The first kappa shape index (κ1) is 32.2. The molecule has 0 radical (unpaired) electrons. The van der Waals surface area contributed by atoms with Crippen molar-refractivity contribution in [1.29, 1.82) is 0 Å². The van der Waals surface area contributed by atoms with Gasteiger partial charge in [0.1, 0.15) is 48.4 Å². The van der Waals surface area contributed by atoms with Crippen LogP contribution in [-0.2, 0) is 9.47 Å². The Morgan fingerprint density at radius 3 is 0.960 bits per heavy atom. The summed E-state index contributed by atoms with van der Waals surface area (Å²) in [7, 11) is 0. The molecule has 0 spiro atoms. The lowest BCUT2D eigenvalue weighted by Gasteiger charge is -2.11. The maximum Gasteiger partial charge on any atom is 0.119 e. The molecular formula is C44H42O6. The van der Waals surface area contributed by atoms with Gasteiger partial charge in [-0.15, -0.1) is 0 Å². The van der Waals surface area contributed by atoms with Crippen LogP contribution in [0, 0.1) is 0 Å². The Balaban J connectivity index is 0.709. The fourth-order valence-corrected chi connectivity index (χ4v) is 6.19. The number of ether oxygens (including phenoxy) is 6. The van der Waals surface area contributed by atoms with Gasteiger partial charge in [-0.3, -0.25) is 0 Å². The zero-order valence-corrected chi connectivity index (χ0v) is 28.2. The molecule has 2 unspecified atom stereocenters. The number of rotatable bonds is 17. The van der Waals surface area contributed by atoms with E-state index in [9.17, 15) is 0 Å². The summed E-state index contributed by atoms with van der Waals surface area (Å²) in [5.41, 5.74) is 10.2. The number of unbranched alkanes of at least 4 members (excludes halogenated alkanes) is 1. The van der Waals surface area contributed by atoms with Gasteiger partial charge in [-0.05, 0) is 119 Å². The van der Waals surface area contributed by atoms with Crippen molar-refractivity contribution in [2.45, 2.75) is 37.9 Å². The molecule has 0 N–H and O–H groups in total. The van der Waals surface area contributed by atoms with E-state index < -0.39 is 0 Å². The monoisotopic (exact) mass is 666 g/mol. The van der Waals surface area contributed by atoms with Crippen molar-refractivity contribution >= 4 is 22.3 Å². The van der Waals surface area contributed by atoms with Gasteiger partial charge in [0.05, 0.1) is 26.4 Å². The number of allylic oxidation sites excluding steroid dienone is 8. The molecule has 8 rings (SSSR count). The van der Waals surface area contributed by atoms with Crippen molar-refractivity contribution in [3.8, 4) is 23.0 Å². The fraction of sp³-hybridized carbons (Fsp3) is 0.273. The maximum absolute atomic E-state index is 6.03. The number of hydrogen-bond acceptors (Lipinski definition) is 6. The average Bonchev–Trinajstić information content (AvgIpc) is 4.08. The lowest BCUT2D eigenvalue weighted by Crippen LogP contribution is -2.03. The molecule has 4 aromatic carbocycles. The number of benzene rings is 4. The molecule has 50 heavy (non-hydrogen) atoms. The van der Waals surface area contributed by atoms with Crippen LogP contribution in [-0.4, -0.2) is 51.8 Å². The molecule has 0 aromatic heterocycles. The molecule has 254 valence electrons. The zero-order chi connectivity index (χ0) is 33.5. The van der Waals surface area contributed by atoms with Gasteiger partial charge in [0.15, 0.2) is 0 Å². The molecule has 6 heteroatoms. The van der Waals surface area contributed by atoms with Crippen molar-refractivity contribution in [3.05, 3.63) is 144 Å². The summed E-state index contributed by atoms with van der Waals surface area (Å²) in [4.78, 5) is 0. The van der Waals surface area contributed by atoms with Crippen LogP contribution in [0.15, 0.2) is 121 Å². The van der Waals surface area contributed by atoms with E-state index >= 15 is 0 Å². The minimum Gasteiger partial charge on any atom is -0.494 e. The van der Waals surface area contributed by atoms with Crippen LogP contribution in [0.4, 0.5) is 0 Å². The second-order valence-electron chi connectivity index (χ2n) is 13.2. The number of hydrogen-bond donors (Lipinski definition) is 0. The third-order valence-corrected chi connectivity index (χ3v) is 9.39. The Labute approximate surface area is 294 Å². The highest BCUT2D eigenvalue weighted by Crippen LogP contribution is 2.36. The minimum atomic E-state index is 0.267. The van der Waals surface area contributed by atoms with Crippen LogP contribution in [0.25, 0.3) is 22.3 Å². The van der Waals surface area contributed by atoms with Crippen LogP contribution < -0.4 is 18.9 Å². The van der Waals surface area contributed by atoms with E-state index in [0.29, 0.717) is 26.4 Å². The van der Waals surface area contributed by atoms with Gasteiger partial charge in [-0.2, -0.15) is 0 Å². The van der Waals surface area contributed by atoms with Crippen molar-refractivity contribution in [1.82, 2.24) is 0 Å². The quantitative estimate of drug-likeness (QED) is 0.0827. The van der Waals surface area contributed by atoms with E-state index in [1.54, 1.807) is 0 Å². The van der Waals surface area contributed by atoms with E-state index in [0.717, 1.165) is 61.9 Å². The molecule has 0 amide bonds. The second kappa shape index (κ2) is 15.2. The third-order valence-electron chi connectivity index (χ3n) is 9.39. The molecule has 2 aliphatic carbocycles. The predicted molar refractivity (Wildman–Crippen MR) is 198 cm³/mol. The lowest BCUT2D eigenvalue weighted by atomic mass is 9.99. The Morgan fingerprint density at radius 2 is 0.680 bits per heavy atom. The topological polar surface area (TPSA) is 62.0 Å². The van der Waals surface area contributed by atoms with Gasteiger partial charge in [0.2, 0.25) is 0 Å². The first-order chi connectivity index (χ1) is 24.7. The molecule has 2 saturated heterocycles. The van der Waals surface area contributed by atoms with Gasteiger partial charge in [0, 0.05) is 0 Å². The molecule has 2 heterocycles. The molecule has 4 aliphatic rings. The van der Waals surface area contributed by atoms with Crippen molar-refractivity contribution in [3.63, 3.8) is 0 Å². The van der Waals surface area contributed by atoms with Crippen molar-refractivity contribution in [2.24, 2.45) is 0 Å². The molecule has 6 nitrogen and oxygen atoms in total. The van der Waals surface area contributed by atoms with Crippen LogP contribution >= 0.6 is 0 Å². The summed E-state index contributed by atoms with van der Waals surface area (Å²) in [6.45, 7) is 4.20. The van der Waals surface area contributed by atoms with E-state index in [4.69, 9.17) is 28.4 Å². The highest BCUT2D eigenvalue weighted by atomic mass is 16.6. The SMILES string of the molecule is C1=C(c2ccc(OCCCCOc3ccc(C4=CC=C(c5ccc(OCC6CO6)cc5)C4)cc3)cc2)CC(c2ccc(OCC3CO3)cc2)=C1. The Kier molecular flexibility index (Phi) is 9.81. The zero-order valence-electron chi connectivity index (χ0n) is 28.2. The highest BCUT2D eigenvalue weighted by Gasteiger charge is 2.24. The summed E-state index contributed by atoms with van der Waals surface area (Å²) in [5, 5.41) is 0. The van der Waals surface area contributed by atoms with Crippen LogP contribution in [0.3, 0.4) is 0 Å². The van der Waals surface area contributed by atoms with E-state index in [-0.39, 0.29) is 12.2 Å². The molecule has 2 atom stereocenters. The molecule has 0 bridgehead atoms. The number of epoxide rings is 2. The molecule has 2 aliphatic heterocycles. The Morgan fingerprint density at radius 1 is 0.400 bits per heavy atom. The van der Waals surface area contributed by atoms with E-state index in [1.807, 2.05) is 24.3 Å². The Hall–Kier alpha value is -5.04. The molecule has 2 fully saturated rings. The highest BCUT2D eigenvalue weighted by molar-refractivity contribution is 5.87. The lowest BCUT2D eigenvalue weighted by molar-refractivity contribution is 0.263. The van der Waals surface area contributed by atoms with E-state index in [1.165, 1.54) is 44.5 Å². The Bertz CT molecular complexity index is 1730.